The molecule has 1 aromatic rings. The number of rotatable bonds is 5. The van der Waals surface area contributed by atoms with Crippen LogP contribution in [0.5, 0.6) is 0 Å². The number of nitrogens with one attached hydrogen (secondary N) is 1. The molecule has 0 bridgehead atoms. The molecule has 0 heterocycles. The predicted octanol–water partition coefficient (Wildman–Crippen LogP) is 2.69. The summed E-state index contributed by atoms with van der Waals surface area (Å²) in [7, 11) is 4.04. The van der Waals surface area contributed by atoms with Crippen LogP contribution in [0.2, 0.25) is 5.02 Å². The van der Waals surface area contributed by atoms with Gasteiger partial charge >= 0.3 is 0 Å². The molecule has 0 aliphatic carbocycles. The van der Waals surface area contributed by atoms with Crippen LogP contribution in [-0.4, -0.2) is 32.1 Å². The molecule has 0 saturated heterocycles. The van der Waals surface area contributed by atoms with Crippen LogP contribution in [0.3, 0.4) is 0 Å². The van der Waals surface area contributed by atoms with Crippen molar-refractivity contribution in [2.75, 3.05) is 27.2 Å². The summed E-state index contributed by atoms with van der Waals surface area (Å²) in [6.45, 7) is 3.84. The molecular formula is C12H18ClFN2. The third kappa shape index (κ3) is 4.08. The van der Waals surface area contributed by atoms with Crippen molar-refractivity contribution in [3.8, 4) is 0 Å². The van der Waals surface area contributed by atoms with Crippen molar-refractivity contribution >= 4 is 11.6 Å². The lowest BCUT2D eigenvalue weighted by molar-refractivity contribution is 0.389. The molecule has 0 aliphatic heterocycles. The van der Waals surface area contributed by atoms with Gasteiger partial charge in [0, 0.05) is 19.1 Å². The van der Waals surface area contributed by atoms with E-state index >= 15 is 0 Å². The molecule has 90 valence electrons. The van der Waals surface area contributed by atoms with Crippen LogP contribution in [0.15, 0.2) is 18.2 Å². The van der Waals surface area contributed by atoms with Crippen LogP contribution in [0, 0.1) is 5.82 Å². The molecule has 0 fully saturated rings. The average Bonchev–Trinajstić information content (AvgIpc) is 2.21. The Morgan fingerprint density at radius 2 is 2.12 bits per heavy atom. The molecular weight excluding hydrogens is 227 g/mol. The van der Waals surface area contributed by atoms with Crippen LogP contribution in [-0.2, 0) is 0 Å². The molecule has 2 nitrogen and oxygen atoms in total. The van der Waals surface area contributed by atoms with Crippen LogP contribution < -0.4 is 5.32 Å². The minimum Gasteiger partial charge on any atom is -0.309 e. The smallest absolute Gasteiger partial charge is 0.142 e. The lowest BCUT2D eigenvalue weighted by Gasteiger charge is -2.16. The van der Waals surface area contributed by atoms with Crippen molar-refractivity contribution in [1.82, 2.24) is 10.2 Å². The average molecular weight is 245 g/mol. The van der Waals surface area contributed by atoms with Gasteiger partial charge in [0.1, 0.15) is 5.82 Å². The maximum Gasteiger partial charge on any atom is 0.142 e. The SMILES string of the molecule is CC(NCCN(C)C)c1ccc(Cl)c(F)c1. The lowest BCUT2D eigenvalue weighted by atomic mass is 10.1. The first-order chi connectivity index (χ1) is 7.50. The molecule has 0 saturated carbocycles. The van der Waals surface area contributed by atoms with E-state index < -0.39 is 0 Å². The first kappa shape index (κ1) is 13.4. The summed E-state index contributed by atoms with van der Waals surface area (Å²) in [6.07, 6.45) is 0. The zero-order chi connectivity index (χ0) is 12.1. The Morgan fingerprint density at radius 3 is 2.69 bits per heavy atom. The first-order valence-electron chi connectivity index (χ1n) is 5.33. The molecule has 1 aromatic carbocycles. The normalized spacial score (nSPS) is 13.1. The Hall–Kier alpha value is -0.640. The van der Waals surface area contributed by atoms with Gasteiger partial charge in [0.05, 0.1) is 5.02 Å². The van der Waals surface area contributed by atoms with Crippen LogP contribution in [0.1, 0.15) is 18.5 Å². The largest absolute Gasteiger partial charge is 0.309 e. The summed E-state index contributed by atoms with van der Waals surface area (Å²) in [5.41, 5.74) is 0.917. The molecule has 1 N–H and O–H groups in total. The Morgan fingerprint density at radius 1 is 1.44 bits per heavy atom. The van der Waals surface area contributed by atoms with Crippen LogP contribution >= 0.6 is 11.6 Å². The molecule has 0 aliphatic rings. The first-order valence-corrected chi connectivity index (χ1v) is 5.71. The zero-order valence-electron chi connectivity index (χ0n) is 9.93. The topological polar surface area (TPSA) is 15.3 Å². The van der Waals surface area contributed by atoms with Gasteiger partial charge in [-0.25, -0.2) is 4.39 Å². The van der Waals surface area contributed by atoms with Crippen molar-refractivity contribution in [2.45, 2.75) is 13.0 Å². The van der Waals surface area contributed by atoms with Crippen LogP contribution in [0.25, 0.3) is 0 Å². The van der Waals surface area contributed by atoms with E-state index in [-0.39, 0.29) is 16.9 Å². The zero-order valence-corrected chi connectivity index (χ0v) is 10.7. The van der Waals surface area contributed by atoms with Gasteiger partial charge in [-0.2, -0.15) is 0 Å². The van der Waals surface area contributed by atoms with Gasteiger partial charge in [-0.1, -0.05) is 17.7 Å². The summed E-state index contributed by atoms with van der Waals surface area (Å²) in [4.78, 5) is 2.10. The second-order valence-corrected chi connectivity index (χ2v) is 4.56. The molecule has 0 aromatic heterocycles. The van der Waals surface area contributed by atoms with Gasteiger partial charge in [0.25, 0.3) is 0 Å². The summed E-state index contributed by atoms with van der Waals surface area (Å²) >= 11 is 5.63. The van der Waals surface area contributed by atoms with E-state index in [1.54, 1.807) is 6.07 Å². The summed E-state index contributed by atoms with van der Waals surface area (Å²) in [5, 5.41) is 3.50. The van der Waals surface area contributed by atoms with Crippen LogP contribution in [0.4, 0.5) is 4.39 Å². The van der Waals surface area contributed by atoms with E-state index in [4.69, 9.17) is 11.6 Å². The molecule has 1 rings (SSSR count). The Balaban J connectivity index is 2.52. The number of nitrogens with zero attached hydrogens (tertiary/aromatic N) is 1. The van der Waals surface area contributed by atoms with Crippen molar-refractivity contribution in [2.24, 2.45) is 0 Å². The highest BCUT2D eigenvalue weighted by Gasteiger charge is 2.07. The van der Waals surface area contributed by atoms with Gasteiger partial charge < -0.3 is 10.2 Å². The van der Waals surface area contributed by atoms with Gasteiger partial charge in [0.15, 0.2) is 0 Å². The third-order valence-corrected chi connectivity index (χ3v) is 2.76. The molecule has 0 spiro atoms. The Labute approximate surface area is 101 Å². The molecule has 4 heteroatoms. The van der Waals surface area contributed by atoms with Crippen molar-refractivity contribution in [3.05, 3.63) is 34.6 Å². The van der Waals surface area contributed by atoms with Crippen molar-refractivity contribution in [1.29, 1.82) is 0 Å². The van der Waals surface area contributed by atoms with E-state index in [0.717, 1.165) is 18.7 Å². The number of benzene rings is 1. The lowest BCUT2D eigenvalue weighted by Crippen LogP contribution is -2.28. The summed E-state index contributed by atoms with van der Waals surface area (Å²) in [6, 6.07) is 5.05. The number of hydrogen-bond acceptors (Lipinski definition) is 2. The fourth-order valence-electron chi connectivity index (χ4n) is 1.40. The second-order valence-electron chi connectivity index (χ2n) is 4.15. The molecule has 0 amide bonds. The highest BCUT2D eigenvalue weighted by molar-refractivity contribution is 6.30. The third-order valence-electron chi connectivity index (χ3n) is 2.45. The number of halogens is 2. The molecule has 16 heavy (non-hydrogen) atoms. The summed E-state index contributed by atoms with van der Waals surface area (Å²) < 4.78 is 13.2. The second kappa shape index (κ2) is 6.18. The standard InChI is InChI=1S/C12H18ClFN2/c1-9(15-6-7-16(2)3)10-4-5-11(13)12(14)8-10/h4-5,8-9,15H,6-7H2,1-3H3. The molecule has 0 radical (unpaired) electrons. The quantitative estimate of drug-likeness (QED) is 0.857. The van der Waals surface area contributed by atoms with Crippen molar-refractivity contribution in [3.63, 3.8) is 0 Å². The van der Waals surface area contributed by atoms with Crippen molar-refractivity contribution < 1.29 is 4.39 Å². The maximum absolute atomic E-state index is 13.2. The van der Waals surface area contributed by atoms with E-state index in [9.17, 15) is 4.39 Å². The number of hydrogen-bond donors (Lipinski definition) is 1. The van der Waals surface area contributed by atoms with Gasteiger partial charge in [-0.15, -0.1) is 0 Å². The highest BCUT2D eigenvalue weighted by Crippen LogP contribution is 2.19. The molecule has 1 unspecified atom stereocenters. The fraction of sp³-hybridized carbons (Fsp3) is 0.500. The Kier molecular flexibility index (Phi) is 5.19. The predicted molar refractivity (Wildman–Crippen MR) is 66.4 cm³/mol. The van der Waals surface area contributed by atoms with Gasteiger partial charge in [-0.3, -0.25) is 0 Å². The number of likely N-dealkylation sites (N-methyl/N-ethyl adjacent to an activating group) is 1. The molecule has 1 atom stereocenters. The minimum absolute atomic E-state index is 0.131. The van der Waals surface area contributed by atoms with E-state index in [1.165, 1.54) is 6.07 Å². The Bertz CT molecular complexity index is 342. The maximum atomic E-state index is 13.2. The van der Waals surface area contributed by atoms with E-state index in [2.05, 4.69) is 10.2 Å². The minimum atomic E-state index is -0.361. The van der Waals surface area contributed by atoms with Gasteiger partial charge in [0.2, 0.25) is 0 Å². The monoisotopic (exact) mass is 244 g/mol. The van der Waals surface area contributed by atoms with E-state index in [1.807, 2.05) is 27.1 Å². The fourth-order valence-corrected chi connectivity index (χ4v) is 1.52. The highest BCUT2D eigenvalue weighted by atomic mass is 35.5. The summed E-state index contributed by atoms with van der Waals surface area (Å²) in [5.74, 6) is -0.361. The van der Waals surface area contributed by atoms with Gasteiger partial charge in [-0.05, 0) is 38.7 Å². The van der Waals surface area contributed by atoms with E-state index in [0.29, 0.717) is 0 Å².